The van der Waals surface area contributed by atoms with Gasteiger partial charge in [0.25, 0.3) is 0 Å². The number of carbonyl (C=O) groups is 1. The van der Waals surface area contributed by atoms with Crippen LogP contribution in [0.2, 0.25) is 0 Å². The Labute approximate surface area is 165 Å². The first-order chi connectivity index (χ1) is 12.7. The number of hydrogen-bond donors (Lipinski definition) is 1. The van der Waals surface area contributed by atoms with Crippen molar-refractivity contribution in [3.63, 3.8) is 0 Å². The molecule has 4 saturated carbocycles. The van der Waals surface area contributed by atoms with Gasteiger partial charge in [-0.25, -0.2) is 0 Å². The van der Waals surface area contributed by atoms with Crippen LogP contribution in [0.25, 0.3) is 0 Å². The minimum Gasteiger partial charge on any atom is -0.390 e. The monoisotopic (exact) mass is 377 g/mol. The van der Waals surface area contributed by atoms with E-state index in [0.29, 0.717) is 42.1 Å². The smallest absolute Gasteiger partial charge is 0.139 e. The zero-order valence-electron chi connectivity index (χ0n) is 17.9. The van der Waals surface area contributed by atoms with Crippen molar-refractivity contribution in [2.75, 3.05) is 20.7 Å². The summed E-state index contributed by atoms with van der Waals surface area (Å²) >= 11 is 0. The van der Waals surface area contributed by atoms with Gasteiger partial charge < -0.3 is 14.7 Å². The Kier molecular flexibility index (Phi) is 5.01. The second kappa shape index (κ2) is 6.81. The van der Waals surface area contributed by atoms with Crippen molar-refractivity contribution in [2.45, 2.75) is 84.0 Å². The van der Waals surface area contributed by atoms with Crippen LogP contribution in [0.3, 0.4) is 0 Å². The first-order valence-electron chi connectivity index (χ1n) is 11.2. The third-order valence-corrected chi connectivity index (χ3v) is 9.35. The molecule has 0 spiro atoms. The molecule has 0 aromatic carbocycles. The molecule has 0 aromatic heterocycles. The van der Waals surface area contributed by atoms with Crippen molar-refractivity contribution in [1.82, 2.24) is 4.90 Å². The number of aliphatic hydroxyl groups excluding tert-OH is 1. The van der Waals surface area contributed by atoms with E-state index in [0.717, 1.165) is 32.1 Å². The van der Waals surface area contributed by atoms with Crippen LogP contribution < -0.4 is 0 Å². The molecule has 4 aliphatic carbocycles. The lowest BCUT2D eigenvalue weighted by molar-refractivity contribution is -0.186. The van der Waals surface area contributed by atoms with E-state index in [4.69, 9.17) is 4.74 Å². The highest BCUT2D eigenvalue weighted by Crippen LogP contribution is 2.66. The molecule has 4 fully saturated rings. The number of nitrogens with zero attached hydrogens (tertiary/aromatic N) is 1. The van der Waals surface area contributed by atoms with Crippen LogP contribution in [0.4, 0.5) is 0 Å². The fourth-order valence-electron chi connectivity index (χ4n) is 8.04. The van der Waals surface area contributed by atoms with Crippen molar-refractivity contribution in [3.05, 3.63) is 0 Å². The van der Waals surface area contributed by atoms with Gasteiger partial charge in [-0.05, 0) is 88.6 Å². The third-order valence-electron chi connectivity index (χ3n) is 9.35. The first-order valence-corrected chi connectivity index (χ1v) is 11.2. The molecule has 4 heteroatoms. The van der Waals surface area contributed by atoms with Gasteiger partial charge in [0, 0.05) is 24.5 Å². The van der Waals surface area contributed by atoms with E-state index in [-0.39, 0.29) is 23.0 Å². The SMILES string of the molecule is CCO[C@H]1C[C@@]2(C)[C@@H](CC[C@@H]3[C@@H]2[C@H](N(C)C)C[C@]2(C)C(=O)CC[C@@H]32)C[C@@H]1O. The highest BCUT2D eigenvalue weighted by atomic mass is 16.5. The summed E-state index contributed by atoms with van der Waals surface area (Å²) in [6.07, 6.45) is 6.81. The van der Waals surface area contributed by atoms with Crippen LogP contribution in [-0.2, 0) is 9.53 Å². The Morgan fingerprint density at radius 2 is 1.93 bits per heavy atom. The largest absolute Gasteiger partial charge is 0.390 e. The predicted molar refractivity (Wildman–Crippen MR) is 106 cm³/mol. The second-order valence-electron chi connectivity index (χ2n) is 10.7. The Morgan fingerprint density at radius 1 is 1.19 bits per heavy atom. The summed E-state index contributed by atoms with van der Waals surface area (Å²) in [5, 5.41) is 10.7. The first kappa shape index (κ1) is 19.8. The maximum absolute atomic E-state index is 12.8. The van der Waals surface area contributed by atoms with E-state index in [1.807, 2.05) is 6.92 Å². The summed E-state index contributed by atoms with van der Waals surface area (Å²) in [7, 11) is 4.41. The third kappa shape index (κ3) is 2.85. The van der Waals surface area contributed by atoms with Crippen LogP contribution >= 0.6 is 0 Å². The fourth-order valence-corrected chi connectivity index (χ4v) is 8.04. The lowest BCUT2D eigenvalue weighted by Gasteiger charge is -2.64. The molecule has 0 radical (unpaired) electrons. The van der Waals surface area contributed by atoms with Crippen molar-refractivity contribution in [3.8, 4) is 0 Å². The quantitative estimate of drug-likeness (QED) is 0.818. The number of carbonyl (C=O) groups excluding carboxylic acids is 1. The standard InChI is InChI=1S/C23H39NO3/c1-6-27-19-13-22(2)14(11-18(19)25)7-8-15-16-9-10-20(26)23(16,3)12-17(21(15)22)24(4)5/h14-19,21,25H,6-13H2,1-5H3/t14-,15-,16-,17+,18-,19-,21+,22-,23-/m0/s1. The van der Waals surface area contributed by atoms with E-state index >= 15 is 0 Å². The van der Waals surface area contributed by atoms with E-state index < -0.39 is 0 Å². The molecule has 0 aliphatic heterocycles. The number of ketones is 1. The molecular formula is C23H39NO3. The molecular weight excluding hydrogens is 338 g/mol. The molecule has 0 amide bonds. The Bertz CT molecular complexity index is 592. The van der Waals surface area contributed by atoms with Crippen LogP contribution in [0.15, 0.2) is 0 Å². The lowest BCUT2D eigenvalue weighted by Crippen LogP contribution is -2.63. The second-order valence-corrected chi connectivity index (χ2v) is 10.7. The molecule has 0 heterocycles. The number of fused-ring (bicyclic) bond motifs is 5. The predicted octanol–water partition coefficient (Wildman–Crippen LogP) is 3.51. The van der Waals surface area contributed by atoms with E-state index in [2.05, 4.69) is 32.8 Å². The molecule has 0 unspecified atom stereocenters. The summed E-state index contributed by atoms with van der Waals surface area (Å²) in [6.45, 7) is 7.45. The van der Waals surface area contributed by atoms with Gasteiger partial charge in [-0.1, -0.05) is 13.8 Å². The summed E-state index contributed by atoms with van der Waals surface area (Å²) in [5.41, 5.74) is 0.0800. The lowest BCUT2D eigenvalue weighted by atomic mass is 9.43. The average Bonchev–Trinajstić information content (AvgIpc) is 2.90. The molecule has 9 atom stereocenters. The zero-order valence-corrected chi connectivity index (χ0v) is 17.9. The minimum atomic E-state index is -0.320. The van der Waals surface area contributed by atoms with Gasteiger partial charge in [-0.3, -0.25) is 4.79 Å². The summed E-state index contributed by atoms with van der Waals surface area (Å²) < 4.78 is 5.99. The zero-order chi connectivity index (χ0) is 19.6. The van der Waals surface area contributed by atoms with Crippen LogP contribution in [0, 0.1) is 34.5 Å². The van der Waals surface area contributed by atoms with Gasteiger partial charge in [0.15, 0.2) is 0 Å². The highest BCUT2D eigenvalue weighted by molar-refractivity contribution is 5.87. The molecule has 27 heavy (non-hydrogen) atoms. The highest BCUT2D eigenvalue weighted by Gasteiger charge is 2.64. The number of rotatable bonds is 3. The van der Waals surface area contributed by atoms with E-state index in [1.165, 1.54) is 12.8 Å². The van der Waals surface area contributed by atoms with Gasteiger partial charge in [-0.15, -0.1) is 0 Å². The Balaban J connectivity index is 1.72. The molecule has 154 valence electrons. The number of Topliss-reactive ketones (excluding diaryl/α,β-unsaturated/α-hetero) is 1. The van der Waals surface area contributed by atoms with Crippen molar-refractivity contribution in [1.29, 1.82) is 0 Å². The molecule has 0 saturated heterocycles. The number of hydrogen-bond acceptors (Lipinski definition) is 4. The van der Waals surface area contributed by atoms with Gasteiger partial charge in [-0.2, -0.15) is 0 Å². The van der Waals surface area contributed by atoms with Gasteiger partial charge in [0.05, 0.1) is 12.2 Å². The molecule has 4 aliphatic rings. The topological polar surface area (TPSA) is 49.8 Å². The van der Waals surface area contributed by atoms with Crippen molar-refractivity contribution in [2.24, 2.45) is 34.5 Å². The van der Waals surface area contributed by atoms with Crippen LogP contribution in [0.5, 0.6) is 0 Å². The maximum atomic E-state index is 12.8. The Morgan fingerprint density at radius 3 is 2.59 bits per heavy atom. The number of ether oxygens (including phenoxy) is 1. The normalized spacial score (nSPS) is 52.4. The van der Waals surface area contributed by atoms with Crippen LogP contribution in [0.1, 0.15) is 65.7 Å². The van der Waals surface area contributed by atoms with Gasteiger partial charge >= 0.3 is 0 Å². The number of aliphatic hydroxyl groups is 1. The maximum Gasteiger partial charge on any atom is 0.139 e. The molecule has 4 rings (SSSR count). The van der Waals surface area contributed by atoms with Gasteiger partial charge in [0.1, 0.15) is 5.78 Å². The summed E-state index contributed by atoms with van der Waals surface area (Å²) in [6, 6.07) is 0.448. The van der Waals surface area contributed by atoms with Crippen LogP contribution in [-0.4, -0.2) is 54.7 Å². The Hall–Kier alpha value is -0.450. The molecule has 0 bridgehead atoms. The fraction of sp³-hybridized carbons (Fsp3) is 0.957. The van der Waals surface area contributed by atoms with E-state index in [1.54, 1.807) is 0 Å². The minimum absolute atomic E-state index is 0.0312. The molecule has 1 N–H and O–H groups in total. The van der Waals surface area contributed by atoms with E-state index in [9.17, 15) is 9.90 Å². The summed E-state index contributed by atoms with van der Waals surface area (Å²) in [5.74, 6) is 2.89. The molecule has 0 aromatic rings. The average molecular weight is 378 g/mol. The van der Waals surface area contributed by atoms with Gasteiger partial charge in [0.2, 0.25) is 0 Å². The van der Waals surface area contributed by atoms with Crippen molar-refractivity contribution >= 4 is 5.78 Å². The summed E-state index contributed by atoms with van der Waals surface area (Å²) in [4.78, 5) is 15.2. The molecule has 4 nitrogen and oxygen atoms in total. The van der Waals surface area contributed by atoms with Crippen molar-refractivity contribution < 1.29 is 14.6 Å².